The first-order valence-electron chi connectivity index (χ1n) is 10.2. The van der Waals surface area contributed by atoms with Gasteiger partial charge < -0.3 is 14.6 Å². The number of aryl methyl sites for hydroxylation is 1. The number of nitrogens with zero attached hydrogens (tertiary/aromatic N) is 2. The van der Waals surface area contributed by atoms with Crippen LogP contribution in [-0.2, 0) is 4.79 Å². The molecule has 5 nitrogen and oxygen atoms in total. The lowest BCUT2D eigenvalue weighted by molar-refractivity contribution is -0.112. The van der Waals surface area contributed by atoms with Crippen LogP contribution < -0.4 is 10.1 Å². The molecule has 0 aliphatic rings. The Hall–Kier alpha value is -3.78. The standard InChI is InChI=1S/C26H27N3O2/c1-17(2)20-6-10-24(11-7-20)29-18(3)14-21(19(29)4)15-22(16-27)26(30)28-23-8-12-25(31-5)13-9-23/h6-15,17H,1-5H3,(H,28,30)/b22-15+. The van der Waals surface area contributed by atoms with E-state index in [1.807, 2.05) is 26.0 Å². The number of carbonyl (C=O) groups excluding carboxylic acids is 1. The maximum absolute atomic E-state index is 12.6. The minimum Gasteiger partial charge on any atom is -0.497 e. The molecule has 5 heteroatoms. The second-order valence-corrected chi connectivity index (χ2v) is 7.76. The number of amides is 1. The summed E-state index contributed by atoms with van der Waals surface area (Å²) in [5.74, 6) is 0.725. The first-order valence-corrected chi connectivity index (χ1v) is 10.2. The number of hydrogen-bond acceptors (Lipinski definition) is 3. The predicted octanol–water partition coefficient (Wildman–Crippen LogP) is 5.77. The molecule has 0 spiro atoms. The van der Waals surface area contributed by atoms with E-state index in [2.05, 4.69) is 48.0 Å². The smallest absolute Gasteiger partial charge is 0.266 e. The first-order chi connectivity index (χ1) is 14.8. The molecule has 0 aliphatic heterocycles. The average molecular weight is 414 g/mol. The van der Waals surface area contributed by atoms with E-state index in [0.29, 0.717) is 17.4 Å². The summed E-state index contributed by atoms with van der Waals surface area (Å²) in [5.41, 5.74) is 5.84. The van der Waals surface area contributed by atoms with Crippen molar-refractivity contribution in [2.45, 2.75) is 33.6 Å². The predicted molar refractivity (Wildman–Crippen MR) is 125 cm³/mol. The van der Waals surface area contributed by atoms with Crippen molar-refractivity contribution in [1.29, 1.82) is 5.26 Å². The lowest BCUT2D eigenvalue weighted by Crippen LogP contribution is -2.13. The summed E-state index contributed by atoms with van der Waals surface area (Å²) in [6, 6.07) is 19.5. The van der Waals surface area contributed by atoms with E-state index < -0.39 is 5.91 Å². The molecule has 0 atom stereocenters. The van der Waals surface area contributed by atoms with E-state index in [1.165, 1.54) is 5.56 Å². The molecular weight excluding hydrogens is 386 g/mol. The summed E-state index contributed by atoms with van der Waals surface area (Å²) in [6.45, 7) is 8.35. The SMILES string of the molecule is COc1ccc(NC(=O)/C(C#N)=C/c2cc(C)n(-c3ccc(C(C)C)cc3)c2C)cc1. The van der Waals surface area contributed by atoms with Crippen molar-refractivity contribution >= 4 is 17.7 Å². The van der Waals surface area contributed by atoms with Gasteiger partial charge in [-0.2, -0.15) is 5.26 Å². The third-order valence-electron chi connectivity index (χ3n) is 5.30. The zero-order chi connectivity index (χ0) is 22.5. The molecule has 0 saturated carbocycles. The molecule has 0 fully saturated rings. The molecule has 1 amide bonds. The van der Waals surface area contributed by atoms with Gasteiger partial charge in [-0.3, -0.25) is 4.79 Å². The van der Waals surface area contributed by atoms with Crippen molar-refractivity contribution in [2.75, 3.05) is 12.4 Å². The van der Waals surface area contributed by atoms with Crippen molar-refractivity contribution in [3.63, 3.8) is 0 Å². The molecule has 158 valence electrons. The number of methoxy groups -OCH3 is 1. The molecule has 0 bridgehead atoms. The van der Waals surface area contributed by atoms with Crippen molar-refractivity contribution < 1.29 is 9.53 Å². The fourth-order valence-corrected chi connectivity index (χ4v) is 3.52. The molecule has 1 aromatic heterocycles. The molecule has 0 saturated heterocycles. The van der Waals surface area contributed by atoms with Crippen LogP contribution in [0.3, 0.4) is 0 Å². The van der Waals surface area contributed by atoms with Crippen molar-refractivity contribution in [3.8, 4) is 17.5 Å². The quantitative estimate of drug-likeness (QED) is 0.412. The number of ether oxygens (including phenoxy) is 1. The minimum absolute atomic E-state index is 0.0474. The van der Waals surface area contributed by atoms with E-state index in [1.54, 1.807) is 37.5 Å². The van der Waals surface area contributed by atoms with Gasteiger partial charge >= 0.3 is 0 Å². The van der Waals surface area contributed by atoms with E-state index in [4.69, 9.17) is 4.74 Å². The molecule has 3 rings (SSSR count). The van der Waals surface area contributed by atoms with E-state index in [-0.39, 0.29) is 5.57 Å². The molecule has 0 unspecified atom stereocenters. The van der Waals surface area contributed by atoms with Crippen LogP contribution in [0.2, 0.25) is 0 Å². The third-order valence-corrected chi connectivity index (χ3v) is 5.30. The zero-order valence-corrected chi connectivity index (χ0v) is 18.6. The zero-order valence-electron chi connectivity index (χ0n) is 18.6. The fourth-order valence-electron chi connectivity index (χ4n) is 3.52. The van der Waals surface area contributed by atoms with Crippen LogP contribution in [-0.4, -0.2) is 17.6 Å². The summed E-state index contributed by atoms with van der Waals surface area (Å²) in [7, 11) is 1.58. The Balaban J connectivity index is 1.88. The molecule has 0 aliphatic carbocycles. The number of anilines is 1. The van der Waals surface area contributed by atoms with Crippen molar-refractivity contribution in [2.24, 2.45) is 0 Å². The molecule has 1 N–H and O–H groups in total. The lowest BCUT2D eigenvalue weighted by Gasteiger charge is -2.12. The Morgan fingerprint density at radius 1 is 1.10 bits per heavy atom. The molecule has 31 heavy (non-hydrogen) atoms. The highest BCUT2D eigenvalue weighted by Crippen LogP contribution is 2.25. The fraction of sp³-hybridized carbons (Fsp3) is 0.231. The van der Waals surface area contributed by atoms with Crippen LogP contribution in [0.1, 0.15) is 42.3 Å². The molecular formula is C26H27N3O2. The normalized spacial score (nSPS) is 11.3. The van der Waals surface area contributed by atoms with E-state index in [9.17, 15) is 10.1 Å². The van der Waals surface area contributed by atoms with Gasteiger partial charge in [-0.15, -0.1) is 0 Å². The highest BCUT2D eigenvalue weighted by Gasteiger charge is 2.14. The summed E-state index contributed by atoms with van der Waals surface area (Å²) in [4.78, 5) is 12.6. The van der Waals surface area contributed by atoms with Gasteiger partial charge in [0.2, 0.25) is 0 Å². The number of rotatable bonds is 6. The van der Waals surface area contributed by atoms with E-state index >= 15 is 0 Å². The monoisotopic (exact) mass is 413 g/mol. The Morgan fingerprint density at radius 3 is 2.29 bits per heavy atom. The Kier molecular flexibility index (Phi) is 6.61. The Morgan fingerprint density at radius 2 is 1.74 bits per heavy atom. The first kappa shape index (κ1) is 21.9. The summed E-state index contributed by atoms with van der Waals surface area (Å²) in [5, 5.41) is 12.3. The van der Waals surface area contributed by atoms with Gasteiger partial charge in [0.25, 0.3) is 5.91 Å². The number of aromatic nitrogens is 1. The van der Waals surface area contributed by atoms with Crippen LogP contribution in [0.4, 0.5) is 5.69 Å². The van der Waals surface area contributed by atoms with Crippen LogP contribution in [0.5, 0.6) is 5.75 Å². The molecule has 1 heterocycles. The molecule has 3 aromatic rings. The highest BCUT2D eigenvalue weighted by molar-refractivity contribution is 6.09. The maximum atomic E-state index is 12.6. The summed E-state index contributed by atoms with van der Waals surface area (Å²) in [6.07, 6.45) is 1.64. The number of hydrogen-bond donors (Lipinski definition) is 1. The van der Waals surface area contributed by atoms with Gasteiger partial charge in [-0.1, -0.05) is 26.0 Å². The Labute approximate surface area is 183 Å². The van der Waals surface area contributed by atoms with Crippen molar-refractivity contribution in [1.82, 2.24) is 4.57 Å². The second kappa shape index (κ2) is 9.36. The number of nitrogens with one attached hydrogen (secondary N) is 1. The van der Waals surface area contributed by atoms with E-state index in [0.717, 1.165) is 22.6 Å². The maximum Gasteiger partial charge on any atom is 0.266 e. The van der Waals surface area contributed by atoms with Crippen LogP contribution in [0.15, 0.2) is 60.2 Å². The van der Waals surface area contributed by atoms with Crippen LogP contribution in [0, 0.1) is 25.2 Å². The van der Waals surface area contributed by atoms with Gasteiger partial charge in [0.1, 0.15) is 17.4 Å². The topological polar surface area (TPSA) is 67.0 Å². The van der Waals surface area contributed by atoms with Crippen molar-refractivity contribution in [3.05, 3.63) is 82.7 Å². The van der Waals surface area contributed by atoms with Gasteiger partial charge in [0, 0.05) is 22.8 Å². The highest BCUT2D eigenvalue weighted by atomic mass is 16.5. The molecule has 2 aromatic carbocycles. The van der Waals surface area contributed by atoms with Gasteiger partial charge in [0.05, 0.1) is 7.11 Å². The summed E-state index contributed by atoms with van der Waals surface area (Å²) < 4.78 is 7.26. The van der Waals surface area contributed by atoms with Gasteiger partial charge in [-0.05, 0) is 79.4 Å². The second-order valence-electron chi connectivity index (χ2n) is 7.76. The number of benzene rings is 2. The van der Waals surface area contributed by atoms with Crippen LogP contribution >= 0.6 is 0 Å². The number of nitriles is 1. The number of carbonyl (C=O) groups is 1. The minimum atomic E-state index is -0.446. The third kappa shape index (κ3) is 4.87. The van der Waals surface area contributed by atoms with Gasteiger partial charge in [0.15, 0.2) is 0 Å². The van der Waals surface area contributed by atoms with Crippen LogP contribution in [0.25, 0.3) is 11.8 Å². The summed E-state index contributed by atoms with van der Waals surface area (Å²) >= 11 is 0. The largest absolute Gasteiger partial charge is 0.497 e. The average Bonchev–Trinajstić information content (AvgIpc) is 3.05. The Bertz CT molecular complexity index is 1150. The molecule has 0 radical (unpaired) electrons. The lowest BCUT2D eigenvalue weighted by atomic mass is 10.0. The van der Waals surface area contributed by atoms with Gasteiger partial charge in [-0.25, -0.2) is 0 Å².